The van der Waals surface area contributed by atoms with Crippen LogP contribution in [0.5, 0.6) is 6.01 Å². The molecule has 26 heavy (non-hydrogen) atoms. The van der Waals surface area contributed by atoms with Crippen molar-refractivity contribution < 1.29 is 9.53 Å². The lowest BCUT2D eigenvalue weighted by Gasteiger charge is -2.23. The summed E-state index contributed by atoms with van der Waals surface area (Å²) in [5.41, 5.74) is 6.78. The number of hydrogen-bond donors (Lipinski definition) is 2. The summed E-state index contributed by atoms with van der Waals surface area (Å²) in [4.78, 5) is 22.8. The van der Waals surface area contributed by atoms with Crippen LogP contribution in [0.2, 0.25) is 0 Å². The maximum atomic E-state index is 12.4. The van der Waals surface area contributed by atoms with E-state index < -0.39 is 0 Å². The molecular formula is C19H31N5O2. The van der Waals surface area contributed by atoms with Crippen molar-refractivity contribution in [3.05, 3.63) is 5.56 Å². The lowest BCUT2D eigenvalue weighted by atomic mass is 9.92. The lowest BCUT2D eigenvalue weighted by Crippen LogP contribution is -2.29. The Morgan fingerprint density at radius 1 is 1.23 bits per heavy atom. The second-order valence-electron chi connectivity index (χ2n) is 7.31. The van der Waals surface area contributed by atoms with Crippen molar-refractivity contribution in [2.24, 2.45) is 5.92 Å². The number of ether oxygens (including phenoxy) is 1. The van der Waals surface area contributed by atoms with Gasteiger partial charge in [0, 0.05) is 12.1 Å². The van der Waals surface area contributed by atoms with E-state index in [-0.39, 0.29) is 11.9 Å². The molecule has 0 aliphatic carbocycles. The van der Waals surface area contributed by atoms with Crippen LogP contribution in [0.3, 0.4) is 0 Å². The number of amides is 1. The Morgan fingerprint density at radius 2 is 2.04 bits per heavy atom. The zero-order valence-corrected chi connectivity index (χ0v) is 15.8. The molecule has 7 heteroatoms. The number of carbonyl (C=O) groups is 1. The van der Waals surface area contributed by atoms with Crippen molar-refractivity contribution in [1.29, 1.82) is 0 Å². The fourth-order valence-corrected chi connectivity index (χ4v) is 3.70. The SMILES string of the molecule is CCCCOc1nc(N)c2c(n1)N(CCCCC1CCNCC1)C(=O)C2. The highest BCUT2D eigenvalue weighted by atomic mass is 16.5. The first kappa shape index (κ1) is 18.9. The number of nitrogen functional groups attached to an aromatic ring is 1. The van der Waals surface area contributed by atoms with Crippen molar-refractivity contribution in [2.45, 2.75) is 58.3 Å². The number of rotatable bonds is 9. The number of carbonyl (C=O) groups excluding carboxylic acids is 1. The molecule has 2 aliphatic rings. The molecule has 3 rings (SSSR count). The van der Waals surface area contributed by atoms with E-state index in [1.54, 1.807) is 4.90 Å². The summed E-state index contributed by atoms with van der Waals surface area (Å²) in [6.45, 7) is 5.64. The topological polar surface area (TPSA) is 93.4 Å². The van der Waals surface area contributed by atoms with Crippen LogP contribution in [0.15, 0.2) is 0 Å². The van der Waals surface area contributed by atoms with Gasteiger partial charge < -0.3 is 15.8 Å². The fraction of sp³-hybridized carbons (Fsp3) is 0.737. The molecule has 0 unspecified atom stereocenters. The summed E-state index contributed by atoms with van der Waals surface area (Å²) in [6.07, 6.45) is 8.21. The van der Waals surface area contributed by atoms with Crippen molar-refractivity contribution in [3.8, 4) is 6.01 Å². The Bertz CT molecular complexity index is 616. The van der Waals surface area contributed by atoms with Gasteiger partial charge in [-0.1, -0.05) is 26.2 Å². The van der Waals surface area contributed by atoms with Gasteiger partial charge in [-0.05, 0) is 44.7 Å². The van der Waals surface area contributed by atoms with Gasteiger partial charge in [-0.3, -0.25) is 9.69 Å². The number of hydrogen-bond acceptors (Lipinski definition) is 6. The minimum atomic E-state index is 0.0635. The van der Waals surface area contributed by atoms with Crippen LogP contribution in [0.4, 0.5) is 11.6 Å². The standard InChI is InChI=1S/C19H31N5O2/c1-2-3-12-26-19-22-17(20)15-13-16(25)24(18(15)23-19)11-5-4-6-14-7-9-21-10-8-14/h14,21H,2-13H2,1H3,(H2,20,22,23). The third-order valence-electron chi connectivity index (χ3n) is 5.31. The Balaban J connectivity index is 1.56. The molecular weight excluding hydrogens is 330 g/mol. The molecule has 144 valence electrons. The van der Waals surface area contributed by atoms with E-state index in [1.807, 2.05) is 0 Å². The Hall–Kier alpha value is -1.89. The first-order chi connectivity index (χ1) is 12.7. The van der Waals surface area contributed by atoms with Gasteiger partial charge in [0.1, 0.15) is 11.6 Å². The largest absolute Gasteiger partial charge is 0.463 e. The maximum Gasteiger partial charge on any atom is 0.320 e. The Morgan fingerprint density at radius 3 is 2.81 bits per heavy atom. The van der Waals surface area contributed by atoms with Crippen LogP contribution in [-0.2, 0) is 11.2 Å². The summed E-state index contributed by atoms with van der Waals surface area (Å²) in [5, 5.41) is 3.40. The number of fused-ring (bicyclic) bond motifs is 1. The van der Waals surface area contributed by atoms with E-state index >= 15 is 0 Å². The predicted octanol–water partition coefficient (Wildman–Crippen LogP) is 2.30. The second kappa shape index (κ2) is 9.16. The van der Waals surface area contributed by atoms with Gasteiger partial charge in [-0.2, -0.15) is 9.97 Å². The van der Waals surface area contributed by atoms with Crippen molar-refractivity contribution >= 4 is 17.5 Å². The van der Waals surface area contributed by atoms with Crippen molar-refractivity contribution in [1.82, 2.24) is 15.3 Å². The van der Waals surface area contributed by atoms with E-state index in [9.17, 15) is 4.79 Å². The number of aromatic nitrogens is 2. The normalized spacial score (nSPS) is 17.6. The Labute approximate surface area is 155 Å². The number of anilines is 2. The van der Waals surface area contributed by atoms with Gasteiger partial charge in [0.15, 0.2) is 0 Å². The van der Waals surface area contributed by atoms with Gasteiger partial charge in [0.2, 0.25) is 5.91 Å². The van der Waals surface area contributed by atoms with E-state index in [0.717, 1.165) is 50.3 Å². The zero-order valence-electron chi connectivity index (χ0n) is 15.8. The van der Waals surface area contributed by atoms with Crippen LogP contribution in [0.25, 0.3) is 0 Å². The minimum Gasteiger partial charge on any atom is -0.463 e. The van der Waals surface area contributed by atoms with E-state index in [4.69, 9.17) is 10.5 Å². The molecule has 1 fully saturated rings. The average molecular weight is 361 g/mol. The van der Waals surface area contributed by atoms with Gasteiger partial charge >= 0.3 is 6.01 Å². The van der Waals surface area contributed by atoms with Gasteiger partial charge in [0.25, 0.3) is 0 Å². The second-order valence-corrected chi connectivity index (χ2v) is 7.31. The molecule has 3 heterocycles. The lowest BCUT2D eigenvalue weighted by molar-refractivity contribution is -0.117. The molecule has 7 nitrogen and oxygen atoms in total. The van der Waals surface area contributed by atoms with Gasteiger partial charge in [-0.15, -0.1) is 0 Å². The molecule has 0 spiro atoms. The number of nitrogens with one attached hydrogen (secondary N) is 1. The van der Waals surface area contributed by atoms with Crippen LogP contribution in [0.1, 0.15) is 57.4 Å². The van der Waals surface area contributed by atoms with Crippen molar-refractivity contribution in [2.75, 3.05) is 36.9 Å². The number of unbranched alkanes of at least 4 members (excludes halogenated alkanes) is 2. The number of nitrogens with zero attached hydrogens (tertiary/aromatic N) is 3. The molecule has 1 aromatic rings. The van der Waals surface area contributed by atoms with Crippen LogP contribution in [0, 0.1) is 5.92 Å². The van der Waals surface area contributed by atoms with Crippen LogP contribution >= 0.6 is 0 Å². The van der Waals surface area contributed by atoms with E-state index in [0.29, 0.717) is 31.2 Å². The molecule has 0 radical (unpaired) electrons. The van der Waals surface area contributed by atoms with Gasteiger partial charge in [0.05, 0.1) is 13.0 Å². The monoisotopic (exact) mass is 361 g/mol. The molecule has 0 aromatic carbocycles. The summed E-state index contributed by atoms with van der Waals surface area (Å²) in [5.74, 6) is 1.91. The quantitative estimate of drug-likeness (QED) is 0.656. The molecule has 1 saturated heterocycles. The zero-order chi connectivity index (χ0) is 18.4. The summed E-state index contributed by atoms with van der Waals surface area (Å²) < 4.78 is 5.59. The third-order valence-corrected chi connectivity index (χ3v) is 5.31. The summed E-state index contributed by atoms with van der Waals surface area (Å²) in [6, 6.07) is 0.282. The van der Waals surface area contributed by atoms with E-state index in [2.05, 4.69) is 22.2 Å². The number of nitrogens with two attached hydrogens (primary N) is 1. The molecule has 1 aromatic heterocycles. The van der Waals surface area contributed by atoms with Crippen molar-refractivity contribution in [3.63, 3.8) is 0 Å². The smallest absolute Gasteiger partial charge is 0.320 e. The fourth-order valence-electron chi connectivity index (χ4n) is 3.70. The first-order valence-electron chi connectivity index (χ1n) is 9.99. The third kappa shape index (κ3) is 4.63. The summed E-state index contributed by atoms with van der Waals surface area (Å²) >= 11 is 0. The minimum absolute atomic E-state index is 0.0635. The van der Waals surface area contributed by atoms with Gasteiger partial charge in [-0.25, -0.2) is 0 Å². The Kier molecular flexibility index (Phi) is 6.66. The molecule has 3 N–H and O–H groups in total. The summed E-state index contributed by atoms with van der Waals surface area (Å²) in [7, 11) is 0. The molecule has 0 atom stereocenters. The molecule has 0 bridgehead atoms. The molecule has 0 saturated carbocycles. The average Bonchev–Trinajstić information content (AvgIpc) is 2.96. The van der Waals surface area contributed by atoms with E-state index in [1.165, 1.54) is 19.3 Å². The highest BCUT2D eigenvalue weighted by Crippen LogP contribution is 2.32. The maximum absolute atomic E-state index is 12.4. The number of piperidine rings is 1. The highest BCUT2D eigenvalue weighted by molar-refractivity contribution is 6.01. The predicted molar refractivity (Wildman–Crippen MR) is 102 cm³/mol. The van der Waals surface area contributed by atoms with Crippen LogP contribution < -0.4 is 20.7 Å². The van der Waals surface area contributed by atoms with Crippen LogP contribution in [-0.4, -0.2) is 42.1 Å². The molecule has 1 amide bonds. The molecule has 2 aliphatic heterocycles. The first-order valence-corrected chi connectivity index (χ1v) is 9.99. The highest BCUT2D eigenvalue weighted by Gasteiger charge is 2.31.